The number of carbonyl (C=O) groups excluding carboxylic acids is 1. The highest BCUT2D eigenvalue weighted by Gasteiger charge is 2.16. The van der Waals surface area contributed by atoms with E-state index in [1.807, 2.05) is 19.1 Å². The molecule has 1 heterocycles. The molecule has 0 N–H and O–H groups in total. The fraction of sp³-hybridized carbons (Fsp3) is 0.467. The first-order valence-corrected chi connectivity index (χ1v) is 8.82. The van der Waals surface area contributed by atoms with Gasteiger partial charge in [-0.15, -0.1) is 23.5 Å². The molecule has 7 heteroatoms. The quantitative estimate of drug-likeness (QED) is 0.410. The van der Waals surface area contributed by atoms with Gasteiger partial charge in [0.05, 0.1) is 6.61 Å². The third kappa shape index (κ3) is 5.59. The molecule has 1 atom stereocenters. The molecule has 0 aromatic carbocycles. The molecule has 0 saturated carbocycles. The molecule has 0 aliphatic carbocycles. The Balaban J connectivity index is 2.78. The van der Waals surface area contributed by atoms with Gasteiger partial charge in [-0.2, -0.15) is 5.26 Å². The lowest BCUT2D eigenvalue weighted by Crippen LogP contribution is -2.09. The molecule has 0 aliphatic heterocycles. The van der Waals surface area contributed by atoms with Crippen molar-refractivity contribution < 1.29 is 9.53 Å². The summed E-state index contributed by atoms with van der Waals surface area (Å²) < 4.78 is 5.01. The Morgan fingerprint density at radius 2 is 2.32 bits per heavy atom. The first kappa shape index (κ1) is 18.3. The van der Waals surface area contributed by atoms with Gasteiger partial charge in [0.1, 0.15) is 0 Å². The Labute approximate surface area is 139 Å². The van der Waals surface area contributed by atoms with Crippen LogP contribution in [-0.4, -0.2) is 35.1 Å². The van der Waals surface area contributed by atoms with Gasteiger partial charge in [0, 0.05) is 28.2 Å². The monoisotopic (exact) mass is 335 g/mol. The lowest BCUT2D eigenvalue weighted by Gasteiger charge is -2.09. The highest BCUT2D eigenvalue weighted by atomic mass is 32.2. The minimum Gasteiger partial charge on any atom is -0.461 e. The Morgan fingerprint density at radius 1 is 1.55 bits per heavy atom. The van der Waals surface area contributed by atoms with Crippen LogP contribution in [0.3, 0.4) is 0 Å². The summed E-state index contributed by atoms with van der Waals surface area (Å²) >= 11 is 3.07. The molecule has 0 bridgehead atoms. The van der Waals surface area contributed by atoms with Crippen LogP contribution in [0, 0.1) is 17.9 Å². The number of nitrogens with zero attached hydrogens (tertiary/aromatic N) is 3. The van der Waals surface area contributed by atoms with Crippen LogP contribution in [0.15, 0.2) is 22.1 Å². The number of aromatic nitrogens is 1. The number of thioether (sulfide) groups is 2. The van der Waals surface area contributed by atoms with Crippen molar-refractivity contribution in [3.8, 4) is 6.07 Å². The van der Waals surface area contributed by atoms with Gasteiger partial charge in [0.25, 0.3) is 0 Å². The number of esters is 1. The smallest absolute Gasteiger partial charge is 0.358 e. The van der Waals surface area contributed by atoms with E-state index in [0.29, 0.717) is 24.5 Å². The fourth-order valence-electron chi connectivity index (χ4n) is 1.57. The van der Waals surface area contributed by atoms with E-state index in [2.05, 4.69) is 9.83 Å². The first-order chi connectivity index (χ1) is 10.7. The Morgan fingerprint density at radius 3 is 2.91 bits per heavy atom. The van der Waals surface area contributed by atoms with Crippen LogP contribution in [0.1, 0.15) is 30.8 Å². The van der Waals surface area contributed by atoms with Crippen LogP contribution in [0.4, 0.5) is 0 Å². The van der Waals surface area contributed by atoms with E-state index in [1.165, 1.54) is 11.8 Å². The highest BCUT2D eigenvalue weighted by molar-refractivity contribution is 8.00. The number of hydrogen-bond acceptors (Lipinski definition) is 6. The summed E-state index contributed by atoms with van der Waals surface area (Å²) in [6.45, 7) is 11.0. The van der Waals surface area contributed by atoms with E-state index >= 15 is 0 Å². The van der Waals surface area contributed by atoms with Gasteiger partial charge in [-0.25, -0.2) is 16.4 Å². The molecule has 22 heavy (non-hydrogen) atoms. The van der Waals surface area contributed by atoms with Crippen LogP contribution >= 0.6 is 23.5 Å². The SMILES string of the molecule is [C-]#[N+]C(C#N)CCSc1cnc(C(=O)OCC)c(SCC)c1. The maximum absolute atomic E-state index is 11.9. The van der Waals surface area contributed by atoms with Crippen molar-refractivity contribution in [3.63, 3.8) is 0 Å². The predicted molar refractivity (Wildman–Crippen MR) is 87.9 cm³/mol. The van der Waals surface area contributed by atoms with Crippen LogP contribution in [-0.2, 0) is 4.74 Å². The second kappa shape index (κ2) is 10.1. The first-order valence-electron chi connectivity index (χ1n) is 6.85. The molecule has 0 spiro atoms. The molecule has 1 aromatic heterocycles. The minimum absolute atomic E-state index is 0.319. The standard InChI is InChI=1S/C15H17N3O2S2/c1-4-20-15(19)14-13(21-5-2)8-12(10-18-14)22-7-6-11(9-16)17-3/h8,10-11H,4-7H2,1-2H3. The van der Waals surface area contributed by atoms with Crippen molar-refractivity contribution >= 4 is 29.5 Å². The van der Waals surface area contributed by atoms with Crippen molar-refractivity contribution in [2.24, 2.45) is 0 Å². The zero-order chi connectivity index (χ0) is 16.4. The molecule has 1 aromatic rings. The maximum Gasteiger partial charge on any atom is 0.358 e. The summed E-state index contributed by atoms with van der Waals surface area (Å²) in [5, 5.41) is 8.75. The van der Waals surface area contributed by atoms with E-state index < -0.39 is 12.0 Å². The van der Waals surface area contributed by atoms with Crippen LogP contribution in [0.2, 0.25) is 0 Å². The average molecular weight is 335 g/mol. The second-order valence-electron chi connectivity index (χ2n) is 4.08. The normalized spacial score (nSPS) is 11.3. The van der Waals surface area contributed by atoms with Crippen molar-refractivity contribution in [1.29, 1.82) is 5.26 Å². The average Bonchev–Trinajstić information content (AvgIpc) is 2.52. The lowest BCUT2D eigenvalue weighted by atomic mass is 10.3. The topological polar surface area (TPSA) is 67.3 Å². The minimum atomic E-state index is -0.594. The second-order valence-corrected chi connectivity index (χ2v) is 6.56. The number of hydrogen-bond donors (Lipinski definition) is 0. The maximum atomic E-state index is 11.9. The number of carbonyl (C=O) groups is 1. The molecule has 5 nitrogen and oxygen atoms in total. The lowest BCUT2D eigenvalue weighted by molar-refractivity contribution is 0.0515. The molecule has 0 radical (unpaired) electrons. The number of ether oxygens (including phenoxy) is 1. The molecule has 0 aliphatic rings. The van der Waals surface area contributed by atoms with E-state index in [4.69, 9.17) is 16.6 Å². The van der Waals surface area contributed by atoms with Gasteiger partial charge >= 0.3 is 12.0 Å². The third-order valence-corrected chi connectivity index (χ3v) is 4.47. The molecule has 0 saturated heterocycles. The van der Waals surface area contributed by atoms with Gasteiger partial charge in [-0.05, 0) is 18.7 Å². The molecular formula is C15H17N3O2S2. The summed E-state index contributed by atoms with van der Waals surface area (Å²) in [6.07, 6.45) is 2.15. The van der Waals surface area contributed by atoms with Crippen molar-refractivity contribution in [2.75, 3.05) is 18.1 Å². The molecule has 1 rings (SSSR count). The Bertz CT molecular complexity index is 579. The van der Waals surface area contributed by atoms with Crippen LogP contribution in [0.25, 0.3) is 4.85 Å². The summed E-state index contributed by atoms with van der Waals surface area (Å²) in [4.78, 5) is 21.0. The Hall–Kier alpha value is -1.70. The number of rotatable bonds is 8. The van der Waals surface area contributed by atoms with Gasteiger partial charge in [0.2, 0.25) is 0 Å². The van der Waals surface area contributed by atoms with Gasteiger partial charge in [0.15, 0.2) is 11.8 Å². The summed E-state index contributed by atoms with van der Waals surface area (Å²) in [5.41, 5.74) is 0.342. The third-order valence-electron chi connectivity index (χ3n) is 2.56. The van der Waals surface area contributed by atoms with Crippen molar-refractivity contribution in [2.45, 2.75) is 36.1 Å². The summed E-state index contributed by atoms with van der Waals surface area (Å²) in [6, 6.07) is 3.28. The molecular weight excluding hydrogens is 318 g/mol. The number of pyridine rings is 1. The van der Waals surface area contributed by atoms with Crippen LogP contribution in [0.5, 0.6) is 0 Å². The van der Waals surface area contributed by atoms with Gasteiger partial charge < -0.3 is 4.74 Å². The summed E-state index contributed by atoms with van der Waals surface area (Å²) in [7, 11) is 0. The van der Waals surface area contributed by atoms with E-state index in [9.17, 15) is 4.79 Å². The highest BCUT2D eigenvalue weighted by Crippen LogP contribution is 2.28. The zero-order valence-electron chi connectivity index (χ0n) is 12.5. The zero-order valence-corrected chi connectivity index (χ0v) is 14.2. The fourth-order valence-corrected chi connectivity index (χ4v) is 3.34. The summed E-state index contributed by atoms with van der Waals surface area (Å²) in [5.74, 6) is 1.08. The largest absolute Gasteiger partial charge is 0.461 e. The van der Waals surface area contributed by atoms with E-state index in [-0.39, 0.29) is 0 Å². The van der Waals surface area contributed by atoms with Crippen LogP contribution < -0.4 is 0 Å². The van der Waals surface area contributed by atoms with Gasteiger partial charge in [-0.1, -0.05) is 6.92 Å². The van der Waals surface area contributed by atoms with Gasteiger partial charge in [-0.3, -0.25) is 4.85 Å². The van der Waals surface area contributed by atoms with Crippen molar-refractivity contribution in [1.82, 2.24) is 4.98 Å². The van der Waals surface area contributed by atoms with E-state index in [1.54, 1.807) is 24.9 Å². The van der Waals surface area contributed by atoms with Crippen molar-refractivity contribution in [3.05, 3.63) is 29.4 Å². The number of nitriles is 1. The molecule has 1 unspecified atom stereocenters. The molecule has 0 fully saturated rings. The molecule has 0 amide bonds. The predicted octanol–water partition coefficient (Wildman–Crippen LogP) is 3.66. The molecule has 116 valence electrons. The van der Waals surface area contributed by atoms with E-state index in [0.717, 1.165) is 15.5 Å². The Kier molecular flexibility index (Phi) is 8.42.